The summed E-state index contributed by atoms with van der Waals surface area (Å²) < 4.78 is 29.4. The molecule has 0 spiro atoms. The van der Waals surface area contributed by atoms with Crippen LogP contribution < -0.4 is 0 Å². The molecule has 0 aliphatic carbocycles. The van der Waals surface area contributed by atoms with E-state index < -0.39 is 0 Å². The van der Waals surface area contributed by atoms with Crippen LogP contribution in [0.3, 0.4) is 0 Å². The lowest BCUT2D eigenvalue weighted by Crippen LogP contribution is -2.54. The first-order valence-corrected chi connectivity index (χ1v) is 10.6. The van der Waals surface area contributed by atoms with E-state index in [4.69, 9.17) is 0 Å². The third-order valence-electron chi connectivity index (χ3n) is 7.73. The first kappa shape index (κ1) is 19.6. The standard InChI is InChI=1S/C25H32F2N/c1-16-5-7-19(26)14-23(16)25(24-15-20(27)8-6-17(24)2)13-18-11-21-9-10-22(12-18)28(21,3)4/h5-8,14-15,18,21-22,25H,9-13H2,1-4H3/q+1/t21-,22-/m0/s1. The van der Waals surface area contributed by atoms with Crippen molar-refractivity contribution >= 4 is 0 Å². The van der Waals surface area contributed by atoms with Crippen molar-refractivity contribution in [3.05, 3.63) is 70.3 Å². The van der Waals surface area contributed by atoms with E-state index in [-0.39, 0.29) is 17.6 Å². The third kappa shape index (κ3) is 3.50. The fourth-order valence-corrected chi connectivity index (χ4v) is 5.91. The Morgan fingerprint density at radius 2 is 1.32 bits per heavy atom. The molecule has 2 aliphatic heterocycles. The Balaban J connectivity index is 1.70. The van der Waals surface area contributed by atoms with E-state index in [1.54, 1.807) is 12.1 Å². The smallest absolute Gasteiger partial charge is 0.123 e. The number of piperidine rings is 1. The summed E-state index contributed by atoms with van der Waals surface area (Å²) in [5.41, 5.74) is 4.20. The maximum atomic E-state index is 14.1. The van der Waals surface area contributed by atoms with E-state index in [0.29, 0.717) is 5.92 Å². The molecule has 0 N–H and O–H groups in total. The minimum atomic E-state index is -0.207. The van der Waals surface area contributed by atoms with E-state index in [1.807, 2.05) is 26.0 Å². The molecule has 2 heterocycles. The van der Waals surface area contributed by atoms with Crippen molar-refractivity contribution in [3.8, 4) is 0 Å². The Morgan fingerprint density at radius 3 is 1.79 bits per heavy atom. The van der Waals surface area contributed by atoms with Gasteiger partial charge in [-0.1, -0.05) is 12.1 Å². The Hall–Kier alpha value is -1.74. The third-order valence-corrected chi connectivity index (χ3v) is 7.73. The lowest BCUT2D eigenvalue weighted by molar-refractivity contribution is -0.931. The molecule has 2 aliphatic rings. The number of aryl methyl sites for hydroxylation is 2. The largest absolute Gasteiger partial charge is 0.324 e. The Kier molecular flexibility index (Phi) is 5.07. The zero-order valence-corrected chi connectivity index (χ0v) is 17.5. The van der Waals surface area contributed by atoms with Gasteiger partial charge in [-0.2, -0.15) is 0 Å². The van der Waals surface area contributed by atoms with Crippen LogP contribution in [-0.4, -0.2) is 30.7 Å². The first-order valence-electron chi connectivity index (χ1n) is 10.6. The fraction of sp³-hybridized carbons (Fsp3) is 0.520. The van der Waals surface area contributed by atoms with Gasteiger partial charge in [0.2, 0.25) is 0 Å². The average molecular weight is 385 g/mol. The van der Waals surface area contributed by atoms with Crippen LogP contribution in [0, 0.1) is 31.4 Å². The van der Waals surface area contributed by atoms with E-state index >= 15 is 0 Å². The van der Waals surface area contributed by atoms with Crippen LogP contribution in [-0.2, 0) is 0 Å². The number of halogens is 2. The summed E-state index contributed by atoms with van der Waals surface area (Å²) in [5.74, 6) is 0.242. The summed E-state index contributed by atoms with van der Waals surface area (Å²) in [6.07, 6.45) is 6.06. The zero-order chi connectivity index (χ0) is 20.1. The molecule has 28 heavy (non-hydrogen) atoms. The number of quaternary nitrogens is 1. The van der Waals surface area contributed by atoms with Gasteiger partial charge in [0.15, 0.2) is 0 Å². The van der Waals surface area contributed by atoms with Gasteiger partial charge in [0.25, 0.3) is 0 Å². The van der Waals surface area contributed by atoms with Crippen molar-refractivity contribution in [1.82, 2.24) is 0 Å². The van der Waals surface area contributed by atoms with Crippen LogP contribution in [0.15, 0.2) is 36.4 Å². The fourth-order valence-electron chi connectivity index (χ4n) is 5.91. The van der Waals surface area contributed by atoms with Crippen molar-refractivity contribution in [1.29, 1.82) is 0 Å². The van der Waals surface area contributed by atoms with Crippen LogP contribution in [0.4, 0.5) is 8.78 Å². The van der Waals surface area contributed by atoms with E-state index in [1.165, 1.54) is 37.8 Å². The summed E-state index contributed by atoms with van der Waals surface area (Å²) in [6, 6.07) is 11.6. The SMILES string of the molecule is Cc1ccc(F)cc1C(CC1C[C@@H]2CC[C@@H](C1)[N+]2(C)C)c1cc(F)ccc1C. The van der Waals surface area contributed by atoms with E-state index in [0.717, 1.165) is 45.2 Å². The van der Waals surface area contributed by atoms with Gasteiger partial charge in [-0.25, -0.2) is 8.78 Å². The second-order valence-corrected chi connectivity index (χ2v) is 9.64. The molecule has 0 aromatic heterocycles. The zero-order valence-electron chi connectivity index (χ0n) is 17.5. The molecule has 1 nitrogen and oxygen atoms in total. The maximum Gasteiger partial charge on any atom is 0.123 e. The Bertz CT molecular complexity index is 805. The molecule has 4 rings (SSSR count). The number of rotatable bonds is 4. The molecule has 150 valence electrons. The highest BCUT2D eigenvalue weighted by atomic mass is 19.1. The molecular weight excluding hydrogens is 352 g/mol. The second-order valence-electron chi connectivity index (χ2n) is 9.64. The van der Waals surface area contributed by atoms with Crippen molar-refractivity contribution in [2.45, 2.75) is 64.0 Å². The topological polar surface area (TPSA) is 0 Å². The van der Waals surface area contributed by atoms with Crippen molar-refractivity contribution < 1.29 is 13.3 Å². The molecule has 2 aromatic carbocycles. The number of nitrogens with zero attached hydrogens (tertiary/aromatic N) is 1. The van der Waals surface area contributed by atoms with Crippen LogP contribution in [0.25, 0.3) is 0 Å². The second kappa shape index (κ2) is 7.26. The molecule has 2 aromatic rings. The molecule has 0 amide bonds. The highest BCUT2D eigenvalue weighted by Crippen LogP contribution is 2.46. The normalized spacial score (nSPS) is 26.0. The maximum absolute atomic E-state index is 14.1. The monoisotopic (exact) mass is 384 g/mol. The molecule has 0 unspecified atom stereocenters. The predicted octanol–water partition coefficient (Wildman–Crippen LogP) is 6.12. The minimum Gasteiger partial charge on any atom is -0.324 e. The molecule has 2 saturated heterocycles. The van der Waals surface area contributed by atoms with Gasteiger partial charge < -0.3 is 4.48 Å². The highest BCUT2D eigenvalue weighted by molar-refractivity contribution is 5.41. The molecule has 3 heteroatoms. The molecule has 2 fully saturated rings. The van der Waals surface area contributed by atoms with Crippen LogP contribution >= 0.6 is 0 Å². The van der Waals surface area contributed by atoms with Crippen molar-refractivity contribution in [2.75, 3.05) is 14.1 Å². The van der Waals surface area contributed by atoms with E-state index in [2.05, 4.69) is 14.1 Å². The van der Waals surface area contributed by atoms with Crippen LogP contribution in [0.1, 0.15) is 60.3 Å². The quantitative estimate of drug-likeness (QED) is 0.557. The Morgan fingerprint density at radius 1 is 0.857 bits per heavy atom. The predicted molar refractivity (Wildman–Crippen MR) is 110 cm³/mol. The van der Waals surface area contributed by atoms with Gasteiger partial charge >= 0.3 is 0 Å². The molecule has 0 saturated carbocycles. The summed E-state index contributed by atoms with van der Waals surface area (Å²) in [5, 5.41) is 0. The first-order chi connectivity index (χ1) is 13.3. The van der Waals surface area contributed by atoms with Gasteiger partial charge in [-0.3, -0.25) is 0 Å². The van der Waals surface area contributed by atoms with Gasteiger partial charge in [-0.15, -0.1) is 0 Å². The molecular formula is C25H32F2N+. The van der Waals surface area contributed by atoms with Crippen LogP contribution in [0.5, 0.6) is 0 Å². The average Bonchev–Trinajstić information content (AvgIpc) is 2.82. The summed E-state index contributed by atoms with van der Waals surface area (Å²) in [4.78, 5) is 0. The number of hydrogen-bond acceptors (Lipinski definition) is 0. The van der Waals surface area contributed by atoms with Gasteiger partial charge in [0, 0.05) is 31.6 Å². The lowest BCUT2D eigenvalue weighted by atomic mass is 9.76. The summed E-state index contributed by atoms with van der Waals surface area (Å²) in [6.45, 7) is 4.09. The molecule has 2 atom stereocenters. The summed E-state index contributed by atoms with van der Waals surface area (Å²) >= 11 is 0. The van der Waals surface area contributed by atoms with Crippen molar-refractivity contribution in [2.24, 2.45) is 5.92 Å². The van der Waals surface area contributed by atoms with Crippen LogP contribution in [0.2, 0.25) is 0 Å². The number of benzene rings is 2. The lowest BCUT2D eigenvalue weighted by Gasteiger charge is -2.45. The highest BCUT2D eigenvalue weighted by Gasteiger charge is 2.49. The molecule has 2 bridgehead atoms. The molecule has 0 radical (unpaired) electrons. The van der Waals surface area contributed by atoms with E-state index in [9.17, 15) is 8.78 Å². The van der Waals surface area contributed by atoms with Gasteiger partial charge in [0.1, 0.15) is 11.6 Å². The number of fused-ring (bicyclic) bond motifs is 2. The van der Waals surface area contributed by atoms with Gasteiger partial charge in [0.05, 0.1) is 26.2 Å². The summed E-state index contributed by atoms with van der Waals surface area (Å²) in [7, 11) is 4.76. The van der Waals surface area contributed by atoms with Crippen molar-refractivity contribution in [3.63, 3.8) is 0 Å². The minimum absolute atomic E-state index is 0.0458. The van der Waals surface area contributed by atoms with Gasteiger partial charge in [-0.05, 0) is 72.7 Å². The number of hydrogen-bond donors (Lipinski definition) is 0. The Labute approximate surface area is 168 Å².